The first-order chi connectivity index (χ1) is 15.1. The highest BCUT2D eigenvalue weighted by Crippen LogP contribution is 2.33. The zero-order chi connectivity index (χ0) is 22.2. The fraction of sp³-hybridized carbons (Fsp3) is 0.391. The molecule has 2 aromatic carbocycles. The van der Waals surface area contributed by atoms with Crippen LogP contribution >= 0.6 is 24.0 Å². The number of carbonyl (C=O) groups excluding carboxylic acids is 1. The van der Waals surface area contributed by atoms with E-state index in [1.807, 2.05) is 19.1 Å². The van der Waals surface area contributed by atoms with Gasteiger partial charge in [0, 0.05) is 26.2 Å². The van der Waals surface area contributed by atoms with Gasteiger partial charge in [-0.1, -0.05) is 12.1 Å². The summed E-state index contributed by atoms with van der Waals surface area (Å²) in [5.74, 6) is 1.93. The van der Waals surface area contributed by atoms with Gasteiger partial charge in [-0.25, -0.2) is 0 Å². The molecule has 8 nitrogen and oxygen atoms in total. The summed E-state index contributed by atoms with van der Waals surface area (Å²) in [7, 11) is 3.28. The third-order valence-corrected chi connectivity index (χ3v) is 5.16. The minimum absolute atomic E-state index is 0. The summed E-state index contributed by atoms with van der Waals surface area (Å²) < 4.78 is 10.9. The van der Waals surface area contributed by atoms with Crippen molar-refractivity contribution in [3.05, 3.63) is 53.1 Å². The zero-order valence-corrected chi connectivity index (χ0v) is 21.0. The zero-order valence-electron chi connectivity index (χ0n) is 18.7. The van der Waals surface area contributed by atoms with Crippen molar-refractivity contribution >= 4 is 35.8 Å². The Morgan fingerprint density at radius 2 is 1.81 bits per heavy atom. The van der Waals surface area contributed by atoms with E-state index in [4.69, 9.17) is 9.47 Å². The number of phenols is 1. The molecule has 3 rings (SSSR count). The summed E-state index contributed by atoms with van der Waals surface area (Å²) in [6.45, 7) is 5.12. The smallest absolute Gasteiger partial charge is 0.255 e. The number of benzene rings is 2. The molecule has 2 aromatic rings. The number of aromatic hydroxyl groups is 1. The lowest BCUT2D eigenvalue weighted by molar-refractivity contribution is 0.0952. The number of halogens is 1. The Hall–Kier alpha value is -2.69. The third-order valence-electron chi connectivity index (χ3n) is 5.16. The van der Waals surface area contributed by atoms with Gasteiger partial charge >= 0.3 is 0 Å². The van der Waals surface area contributed by atoms with Crippen LogP contribution in [0.25, 0.3) is 0 Å². The second kappa shape index (κ2) is 12.4. The first kappa shape index (κ1) is 25.6. The van der Waals surface area contributed by atoms with Crippen LogP contribution in [-0.4, -0.2) is 62.3 Å². The van der Waals surface area contributed by atoms with Crippen LogP contribution in [-0.2, 0) is 13.0 Å². The predicted molar refractivity (Wildman–Crippen MR) is 135 cm³/mol. The quantitative estimate of drug-likeness (QED) is 0.211. The van der Waals surface area contributed by atoms with Gasteiger partial charge in [0.25, 0.3) is 5.91 Å². The summed E-state index contributed by atoms with van der Waals surface area (Å²) in [6, 6.07) is 10.6. The summed E-state index contributed by atoms with van der Waals surface area (Å²) in [4.78, 5) is 19.1. The first-order valence-electron chi connectivity index (χ1n) is 10.4. The molecule has 0 fully saturated rings. The number of fused-ring (bicyclic) bond motifs is 1. The van der Waals surface area contributed by atoms with Crippen LogP contribution in [0.2, 0.25) is 0 Å². The molecule has 0 saturated carbocycles. The number of aliphatic imine (C=N–C) groups is 1. The van der Waals surface area contributed by atoms with E-state index in [0.717, 1.165) is 37.0 Å². The summed E-state index contributed by atoms with van der Waals surface area (Å²) >= 11 is 0. The number of para-hydroxylation sites is 1. The monoisotopic (exact) mass is 554 g/mol. The Morgan fingerprint density at radius 3 is 2.47 bits per heavy atom. The van der Waals surface area contributed by atoms with E-state index in [1.54, 1.807) is 32.4 Å². The van der Waals surface area contributed by atoms with Gasteiger partial charge in [0.2, 0.25) is 0 Å². The molecule has 1 amide bonds. The number of ether oxygens (including phenoxy) is 2. The molecule has 174 valence electrons. The molecule has 0 atom stereocenters. The standard InChI is InChI=1S/C23H30N4O4.HI/c1-4-24-23(26-11-10-25-22(29)18-7-5-6-8-19(18)28)27-12-9-16-13-20(30-2)21(31-3)14-17(16)15-27;/h5-8,13-14,28H,4,9-12,15H2,1-3H3,(H,24,26)(H,25,29);1H. The topological polar surface area (TPSA) is 95.4 Å². The number of guanidine groups is 1. The predicted octanol–water partition coefficient (Wildman–Crippen LogP) is 2.78. The molecule has 0 bridgehead atoms. The molecule has 1 heterocycles. The fourth-order valence-corrected chi connectivity index (χ4v) is 3.58. The van der Waals surface area contributed by atoms with Crippen LogP contribution in [0.4, 0.5) is 0 Å². The molecule has 1 aliphatic rings. The molecular weight excluding hydrogens is 523 g/mol. The summed E-state index contributed by atoms with van der Waals surface area (Å²) in [5.41, 5.74) is 2.69. The summed E-state index contributed by atoms with van der Waals surface area (Å²) in [5, 5.41) is 15.9. The Kier molecular flexibility index (Phi) is 9.89. The highest BCUT2D eigenvalue weighted by atomic mass is 127. The van der Waals surface area contributed by atoms with E-state index in [9.17, 15) is 9.90 Å². The molecule has 0 aromatic heterocycles. The Balaban J connectivity index is 0.00000363. The number of carbonyl (C=O) groups is 1. The van der Waals surface area contributed by atoms with Gasteiger partial charge in [-0.05, 0) is 48.7 Å². The Labute approximate surface area is 206 Å². The van der Waals surface area contributed by atoms with Crippen molar-refractivity contribution in [3.63, 3.8) is 0 Å². The van der Waals surface area contributed by atoms with Crippen LogP contribution in [0, 0.1) is 0 Å². The van der Waals surface area contributed by atoms with Crippen LogP contribution in [0.1, 0.15) is 28.4 Å². The van der Waals surface area contributed by atoms with E-state index in [-0.39, 0.29) is 41.2 Å². The van der Waals surface area contributed by atoms with Gasteiger partial charge in [-0.2, -0.15) is 0 Å². The number of nitrogens with one attached hydrogen (secondary N) is 2. The second-order valence-electron chi connectivity index (χ2n) is 7.16. The fourth-order valence-electron chi connectivity index (χ4n) is 3.58. The number of amides is 1. The van der Waals surface area contributed by atoms with Crippen molar-refractivity contribution in [2.24, 2.45) is 4.99 Å². The normalized spacial score (nSPS) is 13.0. The van der Waals surface area contributed by atoms with E-state index in [1.165, 1.54) is 17.2 Å². The van der Waals surface area contributed by atoms with Gasteiger partial charge in [0.05, 0.1) is 26.3 Å². The van der Waals surface area contributed by atoms with Gasteiger partial charge < -0.3 is 30.1 Å². The van der Waals surface area contributed by atoms with Crippen LogP contribution in [0.15, 0.2) is 41.4 Å². The van der Waals surface area contributed by atoms with E-state index < -0.39 is 0 Å². The highest BCUT2D eigenvalue weighted by Gasteiger charge is 2.21. The SMILES string of the molecule is CCNC(=NCCNC(=O)c1ccccc1O)N1CCc2cc(OC)c(OC)cc2C1.I. The molecule has 0 radical (unpaired) electrons. The van der Waals surface area contributed by atoms with Gasteiger partial charge in [0.15, 0.2) is 17.5 Å². The molecule has 32 heavy (non-hydrogen) atoms. The maximum atomic E-state index is 12.2. The first-order valence-corrected chi connectivity index (χ1v) is 10.4. The van der Waals surface area contributed by atoms with E-state index >= 15 is 0 Å². The van der Waals surface area contributed by atoms with Crippen LogP contribution in [0.5, 0.6) is 17.2 Å². The largest absolute Gasteiger partial charge is 0.507 e. The van der Waals surface area contributed by atoms with E-state index in [2.05, 4.69) is 20.5 Å². The second-order valence-corrected chi connectivity index (χ2v) is 7.16. The van der Waals surface area contributed by atoms with E-state index in [0.29, 0.717) is 19.6 Å². The lowest BCUT2D eigenvalue weighted by Gasteiger charge is -2.32. The lowest BCUT2D eigenvalue weighted by atomic mass is 9.99. The molecule has 1 aliphatic heterocycles. The third kappa shape index (κ3) is 6.18. The van der Waals surface area contributed by atoms with Crippen molar-refractivity contribution < 1.29 is 19.4 Å². The van der Waals surface area contributed by atoms with Crippen molar-refractivity contribution in [1.82, 2.24) is 15.5 Å². The number of hydrogen-bond donors (Lipinski definition) is 3. The number of rotatable bonds is 7. The molecule has 0 aliphatic carbocycles. The Bertz CT molecular complexity index is 952. The minimum atomic E-state index is -0.314. The maximum absolute atomic E-state index is 12.2. The number of hydrogen-bond acceptors (Lipinski definition) is 5. The molecule has 0 saturated heterocycles. The van der Waals surface area contributed by atoms with Crippen LogP contribution in [0.3, 0.4) is 0 Å². The van der Waals surface area contributed by atoms with Gasteiger partial charge in [-0.15, -0.1) is 24.0 Å². The summed E-state index contributed by atoms with van der Waals surface area (Å²) in [6.07, 6.45) is 0.879. The van der Waals surface area contributed by atoms with Gasteiger partial charge in [0.1, 0.15) is 5.75 Å². The minimum Gasteiger partial charge on any atom is -0.507 e. The number of nitrogens with zero attached hydrogens (tertiary/aromatic N) is 2. The molecule has 3 N–H and O–H groups in total. The molecule has 9 heteroatoms. The number of methoxy groups -OCH3 is 2. The average Bonchev–Trinajstić information content (AvgIpc) is 2.79. The van der Waals surface area contributed by atoms with Crippen molar-refractivity contribution in [2.45, 2.75) is 19.9 Å². The lowest BCUT2D eigenvalue weighted by Crippen LogP contribution is -2.44. The van der Waals surface area contributed by atoms with Crippen molar-refractivity contribution in [3.8, 4) is 17.2 Å². The Morgan fingerprint density at radius 1 is 1.12 bits per heavy atom. The van der Waals surface area contributed by atoms with Crippen LogP contribution < -0.4 is 20.1 Å². The van der Waals surface area contributed by atoms with Gasteiger partial charge in [-0.3, -0.25) is 9.79 Å². The molecular formula is C23H31IN4O4. The van der Waals surface area contributed by atoms with Crippen molar-refractivity contribution in [2.75, 3.05) is 40.4 Å². The number of phenolic OH excluding ortho intramolecular Hbond substituents is 1. The van der Waals surface area contributed by atoms with Crippen molar-refractivity contribution in [1.29, 1.82) is 0 Å². The molecule has 0 unspecified atom stereocenters. The maximum Gasteiger partial charge on any atom is 0.255 e. The molecule has 0 spiro atoms. The average molecular weight is 554 g/mol. The highest BCUT2D eigenvalue weighted by molar-refractivity contribution is 14.0.